The third kappa shape index (κ3) is 3.09. The van der Waals surface area contributed by atoms with E-state index in [4.69, 9.17) is 6.85 Å². The normalized spacial score (nSPS) is 13.3. The zero-order valence-electron chi connectivity index (χ0n) is 22.3. The zero-order valence-corrected chi connectivity index (χ0v) is 17.3. The minimum Gasteiger partial charge on any atom is -0.0622 e. The highest BCUT2D eigenvalue weighted by Crippen LogP contribution is 2.43. The van der Waals surface area contributed by atoms with Crippen molar-refractivity contribution in [1.29, 1.82) is 0 Å². The Morgan fingerprint density at radius 3 is 1.28 bits per heavy atom. The third-order valence-corrected chi connectivity index (χ3v) is 5.96. The first-order valence-electron chi connectivity index (χ1n) is 13.1. The van der Waals surface area contributed by atoms with Crippen LogP contribution in [0.2, 0.25) is 0 Å². The van der Waals surface area contributed by atoms with Crippen molar-refractivity contribution in [3.05, 3.63) is 133 Å². The van der Waals surface area contributed by atoms with Crippen LogP contribution < -0.4 is 0 Å². The van der Waals surface area contributed by atoms with Gasteiger partial charge in [-0.3, -0.25) is 0 Å². The van der Waals surface area contributed by atoms with Crippen LogP contribution in [0.1, 0.15) is 6.85 Å². The van der Waals surface area contributed by atoms with Gasteiger partial charge in [-0.15, -0.1) is 0 Å². The van der Waals surface area contributed by atoms with Gasteiger partial charge in [0.2, 0.25) is 0 Å². The van der Waals surface area contributed by atoms with E-state index in [1.807, 2.05) is 66.7 Å². The topological polar surface area (TPSA) is 0 Å². The van der Waals surface area contributed by atoms with Crippen LogP contribution in [0, 0.1) is 0 Å². The summed E-state index contributed by atoms with van der Waals surface area (Å²) in [5.74, 6) is 0. The number of hydrogen-bond donors (Lipinski definition) is 0. The molecule has 0 aliphatic heterocycles. The van der Waals surface area contributed by atoms with Crippen molar-refractivity contribution in [2.24, 2.45) is 0 Å². The molecule has 0 N–H and O–H groups in total. The maximum Gasteiger partial charge on any atom is 0.0629 e. The SMILES string of the molecule is [2H]c1c([2H])c([2H])c(-c2c3ccccc3c(-c3ccc(-c4ccccc4)cc3)c3ccccc23)c([2H])c1[2H]. The summed E-state index contributed by atoms with van der Waals surface area (Å²) in [5, 5.41) is 3.63. The lowest BCUT2D eigenvalue weighted by atomic mass is 9.86. The van der Waals surface area contributed by atoms with Crippen molar-refractivity contribution >= 4 is 21.5 Å². The van der Waals surface area contributed by atoms with Gasteiger partial charge in [0.15, 0.2) is 0 Å². The zero-order chi connectivity index (χ0) is 25.7. The molecule has 0 aliphatic rings. The average Bonchev–Trinajstić information content (AvgIpc) is 2.95. The summed E-state index contributed by atoms with van der Waals surface area (Å²) in [6.07, 6.45) is 0. The molecule has 0 atom stereocenters. The highest BCUT2D eigenvalue weighted by atomic mass is 14.2. The summed E-state index contributed by atoms with van der Waals surface area (Å²) < 4.78 is 41.9. The van der Waals surface area contributed by atoms with Gasteiger partial charge in [0.25, 0.3) is 0 Å². The molecule has 0 unspecified atom stereocenters. The van der Waals surface area contributed by atoms with E-state index in [1.54, 1.807) is 0 Å². The van der Waals surface area contributed by atoms with Gasteiger partial charge in [-0.1, -0.05) is 133 Å². The first-order chi connectivity index (χ1) is 18.0. The lowest BCUT2D eigenvalue weighted by Crippen LogP contribution is -1.90. The highest BCUT2D eigenvalue weighted by Gasteiger charge is 2.16. The van der Waals surface area contributed by atoms with Gasteiger partial charge in [0, 0.05) is 0 Å². The fourth-order valence-corrected chi connectivity index (χ4v) is 4.54. The molecule has 0 saturated heterocycles. The Morgan fingerprint density at radius 1 is 0.344 bits per heavy atom. The summed E-state index contributed by atoms with van der Waals surface area (Å²) in [4.78, 5) is 0. The summed E-state index contributed by atoms with van der Waals surface area (Å²) in [6, 6.07) is 33.2. The van der Waals surface area contributed by atoms with E-state index in [2.05, 4.69) is 36.4 Å². The van der Waals surface area contributed by atoms with E-state index in [-0.39, 0.29) is 35.8 Å². The predicted molar refractivity (Wildman–Crippen MR) is 138 cm³/mol. The largest absolute Gasteiger partial charge is 0.0629 e. The molecule has 150 valence electrons. The van der Waals surface area contributed by atoms with Gasteiger partial charge < -0.3 is 0 Å². The molecule has 0 amide bonds. The summed E-state index contributed by atoms with van der Waals surface area (Å²) in [6.45, 7) is 0. The van der Waals surface area contributed by atoms with E-state index in [1.165, 1.54) is 0 Å². The third-order valence-electron chi connectivity index (χ3n) is 5.96. The molecule has 0 bridgehead atoms. The number of fused-ring (bicyclic) bond motifs is 2. The molecule has 0 aliphatic carbocycles. The van der Waals surface area contributed by atoms with E-state index in [0.717, 1.165) is 43.8 Å². The van der Waals surface area contributed by atoms with Crippen molar-refractivity contribution in [1.82, 2.24) is 0 Å². The van der Waals surface area contributed by atoms with Crippen LogP contribution in [0.15, 0.2) is 133 Å². The Morgan fingerprint density at radius 2 is 0.750 bits per heavy atom. The minimum absolute atomic E-state index is 0.193. The molecule has 0 radical (unpaired) electrons. The second kappa shape index (κ2) is 7.83. The molecule has 0 heterocycles. The lowest BCUT2D eigenvalue weighted by molar-refractivity contribution is 1.61. The van der Waals surface area contributed by atoms with Crippen LogP contribution in [0.3, 0.4) is 0 Å². The minimum atomic E-state index is -0.387. The van der Waals surface area contributed by atoms with E-state index in [0.29, 0.717) is 5.56 Å². The van der Waals surface area contributed by atoms with E-state index >= 15 is 0 Å². The lowest BCUT2D eigenvalue weighted by Gasteiger charge is -2.18. The van der Waals surface area contributed by atoms with Crippen LogP contribution in [0.25, 0.3) is 54.9 Å². The smallest absolute Gasteiger partial charge is 0.0622 e. The quantitative estimate of drug-likeness (QED) is 0.255. The first kappa shape index (κ1) is 14.0. The van der Waals surface area contributed by atoms with Crippen LogP contribution in [0.5, 0.6) is 0 Å². The Kier molecular flexibility index (Phi) is 3.43. The van der Waals surface area contributed by atoms with Crippen molar-refractivity contribution in [3.63, 3.8) is 0 Å². The van der Waals surface area contributed by atoms with Gasteiger partial charge in [0.05, 0.1) is 6.85 Å². The summed E-state index contributed by atoms with van der Waals surface area (Å²) in [7, 11) is 0. The van der Waals surface area contributed by atoms with Crippen LogP contribution in [0.4, 0.5) is 0 Å². The number of hydrogen-bond acceptors (Lipinski definition) is 0. The van der Waals surface area contributed by atoms with Crippen molar-refractivity contribution in [2.75, 3.05) is 0 Å². The Hall–Kier alpha value is -4.16. The highest BCUT2D eigenvalue weighted by molar-refractivity contribution is 6.21. The molecular weight excluding hydrogens is 384 g/mol. The van der Waals surface area contributed by atoms with Crippen molar-refractivity contribution < 1.29 is 6.85 Å². The summed E-state index contributed by atoms with van der Waals surface area (Å²) in [5.41, 5.74) is 5.29. The average molecular weight is 412 g/mol. The Labute approximate surface area is 195 Å². The van der Waals surface area contributed by atoms with Crippen molar-refractivity contribution in [3.8, 4) is 33.4 Å². The van der Waals surface area contributed by atoms with E-state index < -0.39 is 0 Å². The monoisotopic (exact) mass is 411 g/mol. The Bertz CT molecular complexity index is 1720. The Balaban J connectivity index is 1.69. The molecule has 32 heavy (non-hydrogen) atoms. The van der Waals surface area contributed by atoms with Crippen LogP contribution >= 0.6 is 0 Å². The maximum absolute atomic E-state index is 8.67. The standard InChI is InChI=1S/C32H22/c1-3-11-23(12-4-1)24-19-21-26(22-20-24)32-29-17-9-7-15-27(29)31(25-13-5-2-6-14-25)28-16-8-10-18-30(28)32/h1-22H/i2D,5D,6D,13D,14D. The van der Waals surface area contributed by atoms with Gasteiger partial charge in [-0.25, -0.2) is 0 Å². The molecule has 0 nitrogen and oxygen atoms in total. The summed E-state index contributed by atoms with van der Waals surface area (Å²) >= 11 is 0. The first-order valence-corrected chi connectivity index (χ1v) is 10.6. The molecule has 0 heteroatoms. The van der Waals surface area contributed by atoms with Crippen LogP contribution in [-0.4, -0.2) is 0 Å². The molecule has 6 rings (SSSR count). The predicted octanol–water partition coefficient (Wildman–Crippen LogP) is 8.99. The molecule has 6 aromatic rings. The molecule has 6 aromatic carbocycles. The van der Waals surface area contributed by atoms with Gasteiger partial charge in [0.1, 0.15) is 0 Å². The number of rotatable bonds is 3. The maximum atomic E-state index is 8.67. The van der Waals surface area contributed by atoms with Crippen LogP contribution in [-0.2, 0) is 0 Å². The fraction of sp³-hybridized carbons (Fsp3) is 0. The molecule has 0 fully saturated rings. The molecule has 0 saturated carbocycles. The number of benzene rings is 6. The second-order valence-corrected chi connectivity index (χ2v) is 7.78. The molecular formula is C32H22. The van der Waals surface area contributed by atoms with Gasteiger partial charge >= 0.3 is 0 Å². The van der Waals surface area contributed by atoms with Gasteiger partial charge in [-0.2, -0.15) is 0 Å². The second-order valence-electron chi connectivity index (χ2n) is 7.78. The molecule has 0 spiro atoms. The van der Waals surface area contributed by atoms with Gasteiger partial charge in [-0.05, 0) is 54.9 Å². The van der Waals surface area contributed by atoms with E-state index in [9.17, 15) is 0 Å². The molecule has 0 aromatic heterocycles. The van der Waals surface area contributed by atoms with Crippen molar-refractivity contribution in [2.45, 2.75) is 0 Å². The fourth-order valence-electron chi connectivity index (χ4n) is 4.54.